The number of anilines is 2. The lowest BCUT2D eigenvalue weighted by Crippen LogP contribution is -2.32. The van der Waals surface area contributed by atoms with Crippen molar-refractivity contribution >= 4 is 35.0 Å². The SMILES string of the molecule is CC(=O)CNC(=O)Nc1ccc(C(=O)NCCOCCOCCOCCN=[N+]=[N-])cc1.[N-]=[N+]=NCCOCCOCCOCCNC(=O)c1ccc(N)cc1. The molecule has 0 heterocycles. The van der Waals surface area contributed by atoms with Crippen molar-refractivity contribution in [2.24, 2.45) is 10.2 Å². The van der Waals surface area contributed by atoms with Gasteiger partial charge in [-0.15, -0.1) is 0 Å². The Hall–Kier alpha value is -5.50. The third kappa shape index (κ3) is 27.7. The van der Waals surface area contributed by atoms with Crippen LogP contribution in [0.2, 0.25) is 0 Å². The summed E-state index contributed by atoms with van der Waals surface area (Å²) in [4.78, 5) is 51.5. The zero-order valence-electron chi connectivity index (χ0n) is 31.0. The summed E-state index contributed by atoms with van der Waals surface area (Å²) in [5.41, 5.74) is 23.9. The van der Waals surface area contributed by atoms with Gasteiger partial charge in [0.1, 0.15) is 5.78 Å². The van der Waals surface area contributed by atoms with Crippen LogP contribution in [0.3, 0.4) is 0 Å². The van der Waals surface area contributed by atoms with Crippen LogP contribution < -0.4 is 27.0 Å². The number of carbonyl (C=O) groups is 4. The lowest BCUT2D eigenvalue weighted by atomic mass is 10.2. The van der Waals surface area contributed by atoms with E-state index in [4.69, 9.17) is 45.2 Å². The fourth-order valence-electron chi connectivity index (χ4n) is 3.78. The molecule has 2 aromatic rings. The molecule has 0 aromatic heterocycles. The summed E-state index contributed by atoms with van der Waals surface area (Å²) in [6, 6.07) is 12.6. The largest absolute Gasteiger partial charge is 0.399 e. The van der Waals surface area contributed by atoms with Crippen molar-refractivity contribution in [2.75, 3.05) is 123 Å². The number of benzene rings is 2. The van der Waals surface area contributed by atoms with Gasteiger partial charge >= 0.3 is 6.03 Å². The second kappa shape index (κ2) is 33.1. The van der Waals surface area contributed by atoms with Gasteiger partial charge in [0.2, 0.25) is 0 Å². The average molecular weight is 774 g/mol. The fraction of sp³-hybridized carbons (Fsp3) is 0.529. The van der Waals surface area contributed by atoms with Crippen LogP contribution in [0.1, 0.15) is 27.6 Å². The quantitative estimate of drug-likeness (QED) is 0.0263. The van der Waals surface area contributed by atoms with Gasteiger partial charge in [-0.2, -0.15) is 0 Å². The van der Waals surface area contributed by atoms with E-state index >= 15 is 0 Å². The second-order valence-electron chi connectivity index (χ2n) is 10.8. The molecule has 0 aliphatic carbocycles. The van der Waals surface area contributed by atoms with Gasteiger partial charge in [-0.05, 0) is 66.5 Å². The highest BCUT2D eigenvalue weighted by molar-refractivity contribution is 5.96. The van der Waals surface area contributed by atoms with Gasteiger partial charge in [0.25, 0.3) is 11.8 Å². The molecule has 0 bridgehead atoms. The van der Waals surface area contributed by atoms with Gasteiger partial charge in [-0.1, -0.05) is 10.2 Å². The van der Waals surface area contributed by atoms with E-state index in [0.29, 0.717) is 128 Å². The van der Waals surface area contributed by atoms with Crippen molar-refractivity contribution in [2.45, 2.75) is 6.92 Å². The number of amides is 4. The molecule has 302 valence electrons. The molecule has 4 amide bonds. The number of rotatable bonds is 29. The molecule has 0 fully saturated rings. The number of urea groups is 1. The van der Waals surface area contributed by atoms with E-state index < -0.39 is 6.03 Å². The van der Waals surface area contributed by atoms with E-state index in [1.165, 1.54) is 6.92 Å². The number of azide groups is 2. The zero-order valence-corrected chi connectivity index (χ0v) is 31.0. The summed E-state index contributed by atoms with van der Waals surface area (Å²) < 4.78 is 31.7. The molecule has 0 spiro atoms. The van der Waals surface area contributed by atoms with Crippen molar-refractivity contribution < 1.29 is 47.6 Å². The Kier molecular flexibility index (Phi) is 28.6. The highest BCUT2D eigenvalue weighted by Gasteiger charge is 2.07. The Bertz CT molecular complexity index is 1470. The number of nitrogens with two attached hydrogens (primary N) is 1. The van der Waals surface area contributed by atoms with Gasteiger partial charge in [0.15, 0.2) is 0 Å². The molecule has 55 heavy (non-hydrogen) atoms. The number of nitrogens with zero attached hydrogens (tertiary/aromatic N) is 6. The van der Waals surface area contributed by atoms with Gasteiger partial charge in [-0.25, -0.2) is 4.79 Å². The van der Waals surface area contributed by atoms with E-state index in [-0.39, 0.29) is 24.1 Å². The predicted molar refractivity (Wildman–Crippen MR) is 203 cm³/mol. The van der Waals surface area contributed by atoms with E-state index in [0.717, 1.165) is 0 Å². The Morgan fingerprint density at radius 3 is 1.36 bits per heavy atom. The summed E-state index contributed by atoms with van der Waals surface area (Å²) in [6.07, 6.45) is 0. The molecule has 6 N–H and O–H groups in total. The van der Waals surface area contributed by atoms with Gasteiger partial charge < -0.3 is 55.4 Å². The molecule has 0 aliphatic rings. The number of hydrogen-bond acceptors (Lipinski definition) is 13. The van der Waals surface area contributed by atoms with Crippen molar-refractivity contribution in [1.29, 1.82) is 0 Å². The Labute approximate surface area is 319 Å². The molecule has 0 aliphatic heterocycles. The number of carbonyl (C=O) groups excluding carboxylic acids is 4. The first-order valence-electron chi connectivity index (χ1n) is 17.3. The van der Waals surface area contributed by atoms with E-state index in [2.05, 4.69) is 41.3 Å². The minimum atomic E-state index is -0.494. The molecule has 0 unspecified atom stereocenters. The first kappa shape index (κ1) is 47.5. The number of Topliss-reactive ketones (excluding diaryl/α,β-unsaturated/α-hetero) is 1. The molecule has 2 rings (SSSR count). The average Bonchev–Trinajstić information content (AvgIpc) is 3.18. The Balaban J connectivity index is 0.000000568. The summed E-state index contributed by atoms with van der Waals surface area (Å²) in [6.45, 7) is 7.62. The van der Waals surface area contributed by atoms with Crippen molar-refractivity contribution in [3.8, 4) is 0 Å². The highest BCUT2D eigenvalue weighted by Crippen LogP contribution is 2.09. The first-order valence-corrected chi connectivity index (χ1v) is 17.3. The number of ketones is 1. The molecular weight excluding hydrogens is 722 g/mol. The van der Waals surface area contributed by atoms with Crippen molar-refractivity contribution in [3.63, 3.8) is 0 Å². The van der Waals surface area contributed by atoms with Crippen molar-refractivity contribution in [3.05, 3.63) is 80.5 Å². The van der Waals surface area contributed by atoms with Crippen LogP contribution in [0, 0.1) is 0 Å². The van der Waals surface area contributed by atoms with Crippen LogP contribution in [0.4, 0.5) is 16.2 Å². The Morgan fingerprint density at radius 2 is 0.964 bits per heavy atom. The molecule has 0 saturated carbocycles. The lowest BCUT2D eigenvalue weighted by molar-refractivity contribution is -0.116. The van der Waals surface area contributed by atoms with Crippen LogP contribution in [0.15, 0.2) is 58.8 Å². The monoisotopic (exact) mass is 773 g/mol. The molecule has 0 radical (unpaired) electrons. The van der Waals surface area contributed by atoms with Crippen LogP contribution in [-0.4, -0.2) is 136 Å². The maximum atomic E-state index is 12.1. The highest BCUT2D eigenvalue weighted by atomic mass is 16.5. The van der Waals surface area contributed by atoms with Crippen LogP contribution in [0.25, 0.3) is 20.9 Å². The van der Waals surface area contributed by atoms with Gasteiger partial charge in [0, 0.05) is 58.5 Å². The number of hydrogen-bond donors (Lipinski definition) is 5. The summed E-state index contributed by atoms with van der Waals surface area (Å²) in [7, 11) is 0. The zero-order chi connectivity index (χ0) is 40.2. The summed E-state index contributed by atoms with van der Waals surface area (Å²) in [5.74, 6) is -0.568. The maximum absolute atomic E-state index is 12.1. The lowest BCUT2D eigenvalue weighted by Gasteiger charge is -2.09. The molecule has 0 saturated heterocycles. The van der Waals surface area contributed by atoms with Crippen LogP contribution in [0.5, 0.6) is 0 Å². The third-order valence-corrected chi connectivity index (χ3v) is 6.43. The molecule has 0 atom stereocenters. The molecule has 21 nitrogen and oxygen atoms in total. The number of nitrogens with one attached hydrogen (secondary N) is 4. The second-order valence-corrected chi connectivity index (χ2v) is 10.8. The van der Waals surface area contributed by atoms with Gasteiger partial charge in [-0.3, -0.25) is 14.4 Å². The molecular formula is C34H51N11O10. The minimum absolute atomic E-state index is 0.0466. The standard InChI is InChI=1S/C19H28N6O6.C15H23N5O4/c1-15(26)14-22-19(28)24-17-4-2-16(3-5-17)18(27)21-6-8-29-10-12-31-13-11-30-9-7-23-25-20;16-14-3-1-13(2-4-14)15(21)18-5-7-22-9-11-24-12-10-23-8-6-19-20-17/h2-5H,6-14H2,1H3,(H,21,27)(H2,22,24,28);1-4H,5-12,16H2,(H,18,21). The van der Waals surface area contributed by atoms with Gasteiger partial charge in [0.05, 0.1) is 85.8 Å². The number of ether oxygens (including phenoxy) is 6. The van der Waals surface area contributed by atoms with Crippen molar-refractivity contribution in [1.82, 2.24) is 16.0 Å². The first-order chi connectivity index (χ1) is 26.8. The molecule has 2 aromatic carbocycles. The fourth-order valence-corrected chi connectivity index (χ4v) is 3.78. The smallest absolute Gasteiger partial charge is 0.319 e. The number of nitrogen functional groups attached to an aromatic ring is 1. The topological polar surface area (TPSA) is 295 Å². The molecule has 21 heteroatoms. The maximum Gasteiger partial charge on any atom is 0.319 e. The third-order valence-electron chi connectivity index (χ3n) is 6.43. The summed E-state index contributed by atoms with van der Waals surface area (Å²) >= 11 is 0. The summed E-state index contributed by atoms with van der Waals surface area (Å²) in [5, 5.41) is 17.2. The van der Waals surface area contributed by atoms with Crippen LogP contribution >= 0.6 is 0 Å². The van der Waals surface area contributed by atoms with E-state index in [9.17, 15) is 19.2 Å². The van der Waals surface area contributed by atoms with Crippen LogP contribution in [-0.2, 0) is 33.2 Å². The van der Waals surface area contributed by atoms with E-state index in [1.807, 2.05) is 0 Å². The predicted octanol–water partition coefficient (Wildman–Crippen LogP) is 2.85. The minimum Gasteiger partial charge on any atom is -0.399 e. The van der Waals surface area contributed by atoms with E-state index in [1.54, 1.807) is 48.5 Å². The normalized spacial score (nSPS) is 10.1. The Morgan fingerprint density at radius 1 is 0.582 bits per heavy atom.